The Morgan fingerprint density at radius 1 is 1.75 bits per heavy atom. The Morgan fingerprint density at radius 3 is 2.94 bits per heavy atom. The van der Waals surface area contributed by atoms with Crippen LogP contribution in [0.3, 0.4) is 0 Å². The molecule has 0 radical (unpaired) electrons. The highest BCUT2D eigenvalue weighted by Crippen LogP contribution is 2.18. The number of nitrogens with one attached hydrogen (secondary N) is 2. The van der Waals surface area contributed by atoms with Gasteiger partial charge in [0.15, 0.2) is 0 Å². The summed E-state index contributed by atoms with van der Waals surface area (Å²) in [6.07, 6.45) is 2.01. The van der Waals surface area contributed by atoms with E-state index in [1.54, 1.807) is 11.3 Å². The fourth-order valence-corrected chi connectivity index (χ4v) is 2.53. The zero-order chi connectivity index (χ0) is 11.6. The van der Waals surface area contributed by atoms with Gasteiger partial charge in [0, 0.05) is 30.7 Å². The first-order valence-electron chi connectivity index (χ1n) is 5.18. The van der Waals surface area contributed by atoms with Crippen molar-refractivity contribution >= 4 is 17.3 Å². The summed E-state index contributed by atoms with van der Waals surface area (Å²) in [5.41, 5.74) is -0.274. The molecular weight excluding hydrogens is 226 g/mol. The number of carboxylic acid groups (broad SMARTS) is 1. The van der Waals surface area contributed by atoms with E-state index in [-0.39, 0.29) is 12.0 Å². The maximum Gasteiger partial charge on any atom is 0.305 e. The molecule has 0 bridgehead atoms. The van der Waals surface area contributed by atoms with Crippen LogP contribution in [0.2, 0.25) is 0 Å². The average Bonchev–Trinajstić information content (AvgIpc) is 2.55. The van der Waals surface area contributed by atoms with Gasteiger partial charge in [-0.3, -0.25) is 4.79 Å². The number of nitrogens with zero attached hydrogens (tertiary/aromatic N) is 1. The van der Waals surface area contributed by atoms with Crippen molar-refractivity contribution in [3.05, 3.63) is 16.1 Å². The van der Waals surface area contributed by atoms with Crippen LogP contribution in [-0.4, -0.2) is 34.7 Å². The average molecular weight is 241 g/mol. The van der Waals surface area contributed by atoms with Crippen LogP contribution in [0.15, 0.2) is 6.20 Å². The van der Waals surface area contributed by atoms with Crippen LogP contribution in [-0.2, 0) is 11.3 Å². The zero-order valence-corrected chi connectivity index (χ0v) is 9.93. The van der Waals surface area contributed by atoms with E-state index >= 15 is 0 Å². The van der Waals surface area contributed by atoms with Crippen molar-refractivity contribution < 1.29 is 9.90 Å². The Bertz CT molecular complexity index is 387. The summed E-state index contributed by atoms with van der Waals surface area (Å²) in [6.45, 7) is 4.10. The van der Waals surface area contributed by atoms with Crippen molar-refractivity contribution in [2.75, 3.05) is 13.1 Å². The molecule has 16 heavy (non-hydrogen) atoms. The van der Waals surface area contributed by atoms with Crippen LogP contribution in [0, 0.1) is 6.92 Å². The van der Waals surface area contributed by atoms with E-state index in [1.807, 2.05) is 13.1 Å². The first-order valence-corrected chi connectivity index (χ1v) is 6.00. The Kier molecular flexibility index (Phi) is 3.22. The van der Waals surface area contributed by atoms with E-state index in [0.29, 0.717) is 6.54 Å². The fraction of sp³-hybridized carbons (Fsp3) is 0.600. The molecule has 1 aliphatic rings. The second-order valence-corrected chi connectivity index (χ2v) is 5.47. The molecule has 5 nitrogen and oxygen atoms in total. The summed E-state index contributed by atoms with van der Waals surface area (Å²) in [4.78, 5) is 16.1. The number of thiazole rings is 1. The lowest BCUT2D eigenvalue weighted by atomic mass is 9.88. The third-order valence-electron chi connectivity index (χ3n) is 2.72. The minimum atomic E-state index is -0.755. The van der Waals surface area contributed by atoms with Gasteiger partial charge in [0.1, 0.15) is 0 Å². The number of carbonyl (C=O) groups is 1. The summed E-state index contributed by atoms with van der Waals surface area (Å²) < 4.78 is 0. The summed E-state index contributed by atoms with van der Waals surface area (Å²) >= 11 is 1.64. The lowest BCUT2D eigenvalue weighted by molar-refractivity contribution is -0.139. The number of aromatic nitrogens is 1. The van der Waals surface area contributed by atoms with E-state index in [0.717, 1.165) is 23.0 Å². The highest BCUT2D eigenvalue weighted by atomic mass is 32.1. The highest BCUT2D eigenvalue weighted by molar-refractivity contribution is 7.11. The Hall–Kier alpha value is -0.980. The smallest absolute Gasteiger partial charge is 0.305 e. The number of hydrogen-bond donors (Lipinski definition) is 3. The standard InChI is InChI=1S/C10H15N3O2S/c1-7-12-3-8(16-7)4-13-10(2-9(14)15)5-11-6-10/h3,11,13H,2,4-6H2,1H3,(H,14,15). The van der Waals surface area contributed by atoms with Crippen LogP contribution in [0.1, 0.15) is 16.3 Å². The molecule has 1 aromatic heterocycles. The molecule has 0 unspecified atom stereocenters. The number of aliphatic carboxylic acids is 1. The molecule has 0 aromatic carbocycles. The Morgan fingerprint density at radius 2 is 2.50 bits per heavy atom. The molecule has 1 fully saturated rings. The topological polar surface area (TPSA) is 74.2 Å². The minimum absolute atomic E-state index is 0.164. The van der Waals surface area contributed by atoms with Crippen molar-refractivity contribution in [2.24, 2.45) is 0 Å². The van der Waals surface area contributed by atoms with Gasteiger partial charge in [0.2, 0.25) is 0 Å². The van der Waals surface area contributed by atoms with Gasteiger partial charge in [0.25, 0.3) is 0 Å². The third kappa shape index (κ3) is 2.58. The molecule has 0 spiro atoms. The Balaban J connectivity index is 1.90. The van der Waals surface area contributed by atoms with E-state index in [9.17, 15) is 4.79 Å². The number of rotatable bonds is 5. The van der Waals surface area contributed by atoms with Crippen molar-refractivity contribution in [3.63, 3.8) is 0 Å². The van der Waals surface area contributed by atoms with Gasteiger partial charge in [-0.25, -0.2) is 4.98 Å². The largest absolute Gasteiger partial charge is 0.481 e. The second-order valence-electron chi connectivity index (χ2n) is 4.15. The molecule has 6 heteroatoms. The van der Waals surface area contributed by atoms with Gasteiger partial charge in [-0.2, -0.15) is 0 Å². The molecule has 1 aromatic rings. The molecule has 1 saturated heterocycles. The first-order chi connectivity index (χ1) is 7.60. The molecule has 2 heterocycles. The maximum absolute atomic E-state index is 10.7. The molecule has 0 amide bonds. The van der Waals surface area contributed by atoms with Crippen LogP contribution < -0.4 is 10.6 Å². The lowest BCUT2D eigenvalue weighted by Gasteiger charge is -2.42. The quantitative estimate of drug-likeness (QED) is 0.694. The van der Waals surface area contributed by atoms with Gasteiger partial charge < -0.3 is 15.7 Å². The summed E-state index contributed by atoms with van der Waals surface area (Å²) in [5, 5.41) is 16.3. The predicted molar refractivity (Wildman–Crippen MR) is 61.5 cm³/mol. The van der Waals surface area contributed by atoms with Crippen molar-refractivity contribution in [2.45, 2.75) is 25.4 Å². The molecule has 2 rings (SSSR count). The number of carboxylic acids is 1. The highest BCUT2D eigenvalue weighted by Gasteiger charge is 2.38. The van der Waals surface area contributed by atoms with Crippen molar-refractivity contribution in [1.29, 1.82) is 0 Å². The van der Waals surface area contributed by atoms with Gasteiger partial charge in [0.05, 0.1) is 17.0 Å². The van der Waals surface area contributed by atoms with Gasteiger partial charge in [-0.15, -0.1) is 11.3 Å². The SMILES string of the molecule is Cc1ncc(CNC2(CC(=O)O)CNC2)s1. The minimum Gasteiger partial charge on any atom is -0.481 e. The van der Waals surface area contributed by atoms with E-state index in [4.69, 9.17) is 5.11 Å². The first kappa shape index (κ1) is 11.5. The van der Waals surface area contributed by atoms with Gasteiger partial charge in [-0.05, 0) is 6.92 Å². The maximum atomic E-state index is 10.7. The Labute approximate surface area is 97.9 Å². The van der Waals surface area contributed by atoms with E-state index in [1.165, 1.54) is 0 Å². The molecule has 0 saturated carbocycles. The number of aryl methyl sites for hydroxylation is 1. The van der Waals surface area contributed by atoms with Crippen LogP contribution in [0.4, 0.5) is 0 Å². The fourth-order valence-electron chi connectivity index (χ4n) is 1.79. The van der Waals surface area contributed by atoms with Gasteiger partial charge in [-0.1, -0.05) is 0 Å². The van der Waals surface area contributed by atoms with Crippen LogP contribution >= 0.6 is 11.3 Å². The lowest BCUT2D eigenvalue weighted by Crippen LogP contribution is -2.68. The molecule has 0 atom stereocenters. The zero-order valence-electron chi connectivity index (χ0n) is 9.12. The molecule has 3 N–H and O–H groups in total. The molecular formula is C10H15N3O2S. The molecule has 88 valence electrons. The molecule has 0 aliphatic carbocycles. The van der Waals surface area contributed by atoms with Crippen LogP contribution in [0.25, 0.3) is 0 Å². The molecule has 1 aliphatic heterocycles. The van der Waals surface area contributed by atoms with E-state index in [2.05, 4.69) is 15.6 Å². The summed E-state index contributed by atoms with van der Waals surface area (Å²) in [5.74, 6) is -0.755. The van der Waals surface area contributed by atoms with E-state index < -0.39 is 5.97 Å². The van der Waals surface area contributed by atoms with Gasteiger partial charge >= 0.3 is 5.97 Å². The van der Waals surface area contributed by atoms with Crippen molar-refractivity contribution in [3.8, 4) is 0 Å². The normalized spacial score (nSPS) is 18.1. The summed E-state index contributed by atoms with van der Waals surface area (Å²) in [6, 6.07) is 0. The second kappa shape index (κ2) is 4.48. The summed E-state index contributed by atoms with van der Waals surface area (Å²) in [7, 11) is 0. The predicted octanol–water partition coefficient (Wildman–Crippen LogP) is 0.358. The van der Waals surface area contributed by atoms with Crippen molar-refractivity contribution in [1.82, 2.24) is 15.6 Å². The monoisotopic (exact) mass is 241 g/mol. The number of hydrogen-bond acceptors (Lipinski definition) is 5. The third-order valence-corrected chi connectivity index (χ3v) is 3.64. The van der Waals surface area contributed by atoms with Crippen LogP contribution in [0.5, 0.6) is 0 Å².